The maximum absolute atomic E-state index is 13.2. The number of primary amides is 1. The van der Waals surface area contributed by atoms with E-state index < -0.39 is 0 Å². The van der Waals surface area contributed by atoms with E-state index in [4.69, 9.17) is 11.5 Å². The van der Waals surface area contributed by atoms with Crippen LogP contribution in [0.25, 0.3) is 0 Å². The van der Waals surface area contributed by atoms with E-state index in [0.717, 1.165) is 24.9 Å². The van der Waals surface area contributed by atoms with Crippen LogP contribution in [0.15, 0.2) is 18.2 Å². The van der Waals surface area contributed by atoms with Crippen LogP contribution >= 0.6 is 0 Å². The lowest BCUT2D eigenvalue weighted by Gasteiger charge is -2.31. The van der Waals surface area contributed by atoms with Crippen molar-refractivity contribution in [2.45, 2.75) is 19.4 Å². The van der Waals surface area contributed by atoms with Crippen molar-refractivity contribution < 1.29 is 9.18 Å². The third-order valence-corrected chi connectivity index (χ3v) is 3.41. The Morgan fingerprint density at radius 1 is 1.50 bits per heavy atom. The quantitative estimate of drug-likeness (QED) is 0.790. The van der Waals surface area contributed by atoms with Crippen LogP contribution in [0.3, 0.4) is 0 Å². The molecule has 0 aromatic heterocycles. The van der Waals surface area contributed by atoms with Gasteiger partial charge < -0.3 is 11.5 Å². The molecule has 1 aliphatic heterocycles. The van der Waals surface area contributed by atoms with Crippen LogP contribution in [0, 0.1) is 11.7 Å². The normalized spacial score (nSPS) is 20.8. The molecule has 98 valence electrons. The van der Waals surface area contributed by atoms with Crippen LogP contribution in [0.2, 0.25) is 0 Å². The zero-order valence-electron chi connectivity index (χ0n) is 10.2. The summed E-state index contributed by atoms with van der Waals surface area (Å²) in [6, 6.07) is 4.37. The van der Waals surface area contributed by atoms with Gasteiger partial charge in [-0.15, -0.1) is 0 Å². The molecule has 18 heavy (non-hydrogen) atoms. The molecule has 0 aliphatic carbocycles. The van der Waals surface area contributed by atoms with Gasteiger partial charge in [-0.2, -0.15) is 0 Å². The van der Waals surface area contributed by atoms with Gasteiger partial charge in [-0.25, -0.2) is 4.39 Å². The highest BCUT2D eigenvalue weighted by molar-refractivity contribution is 5.76. The van der Waals surface area contributed by atoms with Crippen LogP contribution in [-0.2, 0) is 11.3 Å². The van der Waals surface area contributed by atoms with Gasteiger partial charge in [0.25, 0.3) is 0 Å². The molecular weight excluding hydrogens is 233 g/mol. The zero-order valence-corrected chi connectivity index (χ0v) is 10.2. The standard InChI is InChI=1S/C13H18FN3O/c14-11-3-4-12(15)10(6-11)8-17-5-1-2-9(7-17)13(16)18/h3-4,6,9H,1-2,5,7-8,15H2,(H2,16,18). The van der Waals surface area contributed by atoms with Gasteiger partial charge in [0.15, 0.2) is 0 Å². The molecule has 4 nitrogen and oxygen atoms in total. The Balaban J connectivity index is 2.04. The summed E-state index contributed by atoms with van der Waals surface area (Å²) in [4.78, 5) is 13.3. The largest absolute Gasteiger partial charge is 0.398 e. The number of carbonyl (C=O) groups is 1. The highest BCUT2D eigenvalue weighted by Gasteiger charge is 2.24. The predicted octanol–water partition coefficient (Wildman–Crippen LogP) is 1.11. The number of nitrogen functional groups attached to an aromatic ring is 1. The first kappa shape index (κ1) is 12.8. The lowest BCUT2D eigenvalue weighted by molar-refractivity contribution is -0.123. The molecule has 0 bridgehead atoms. The lowest BCUT2D eigenvalue weighted by atomic mass is 9.97. The van der Waals surface area contributed by atoms with E-state index in [0.29, 0.717) is 18.8 Å². The summed E-state index contributed by atoms with van der Waals surface area (Å²) in [5.41, 5.74) is 12.5. The number of carbonyl (C=O) groups excluding carboxylic acids is 1. The molecule has 0 saturated carbocycles. The molecule has 2 rings (SSSR count). The van der Waals surface area contributed by atoms with E-state index in [1.165, 1.54) is 12.1 Å². The Kier molecular flexibility index (Phi) is 3.81. The fourth-order valence-corrected chi connectivity index (χ4v) is 2.38. The Hall–Kier alpha value is -1.62. The first-order valence-electron chi connectivity index (χ1n) is 6.12. The van der Waals surface area contributed by atoms with Crippen molar-refractivity contribution in [1.29, 1.82) is 0 Å². The Bertz CT molecular complexity index is 450. The number of nitrogens with zero attached hydrogens (tertiary/aromatic N) is 1. The number of likely N-dealkylation sites (tertiary alicyclic amines) is 1. The van der Waals surface area contributed by atoms with Gasteiger partial charge in [0, 0.05) is 18.8 Å². The molecule has 1 aromatic rings. The molecule has 1 unspecified atom stereocenters. The van der Waals surface area contributed by atoms with Crippen LogP contribution in [0.5, 0.6) is 0 Å². The minimum atomic E-state index is -0.289. The number of amides is 1. The summed E-state index contributed by atoms with van der Waals surface area (Å²) in [6.07, 6.45) is 1.77. The number of benzene rings is 1. The molecule has 1 fully saturated rings. The van der Waals surface area contributed by atoms with E-state index in [9.17, 15) is 9.18 Å². The van der Waals surface area contributed by atoms with Crippen LogP contribution in [-0.4, -0.2) is 23.9 Å². The minimum Gasteiger partial charge on any atom is -0.398 e. The monoisotopic (exact) mass is 251 g/mol. The van der Waals surface area contributed by atoms with Gasteiger partial charge in [0.1, 0.15) is 5.82 Å². The van der Waals surface area contributed by atoms with Crippen molar-refractivity contribution in [2.75, 3.05) is 18.8 Å². The van der Waals surface area contributed by atoms with E-state index in [2.05, 4.69) is 4.90 Å². The van der Waals surface area contributed by atoms with E-state index in [1.807, 2.05) is 0 Å². The number of rotatable bonds is 3. The first-order valence-corrected chi connectivity index (χ1v) is 6.12. The second kappa shape index (κ2) is 5.35. The smallest absolute Gasteiger partial charge is 0.221 e. The Morgan fingerprint density at radius 2 is 2.28 bits per heavy atom. The highest BCUT2D eigenvalue weighted by Crippen LogP contribution is 2.21. The molecule has 1 aromatic carbocycles. The fraction of sp³-hybridized carbons (Fsp3) is 0.462. The number of halogens is 1. The number of nitrogens with two attached hydrogens (primary N) is 2. The average molecular weight is 251 g/mol. The molecule has 1 aliphatic rings. The summed E-state index contributed by atoms with van der Waals surface area (Å²) in [7, 11) is 0. The average Bonchev–Trinajstić information content (AvgIpc) is 2.34. The number of hydrogen-bond donors (Lipinski definition) is 2. The number of anilines is 1. The van der Waals surface area contributed by atoms with Crippen LogP contribution in [0.4, 0.5) is 10.1 Å². The van der Waals surface area contributed by atoms with Crippen molar-refractivity contribution in [1.82, 2.24) is 4.90 Å². The maximum Gasteiger partial charge on any atom is 0.221 e. The molecule has 1 atom stereocenters. The second-order valence-electron chi connectivity index (χ2n) is 4.82. The Morgan fingerprint density at radius 3 is 3.00 bits per heavy atom. The lowest BCUT2D eigenvalue weighted by Crippen LogP contribution is -2.40. The molecule has 1 heterocycles. The summed E-state index contributed by atoms with van der Waals surface area (Å²) in [5, 5.41) is 0. The van der Waals surface area contributed by atoms with Crippen LogP contribution < -0.4 is 11.5 Å². The number of piperidine rings is 1. The van der Waals surface area contributed by atoms with Gasteiger partial charge >= 0.3 is 0 Å². The molecular formula is C13H18FN3O. The van der Waals surface area contributed by atoms with Crippen molar-refractivity contribution in [3.05, 3.63) is 29.6 Å². The number of hydrogen-bond acceptors (Lipinski definition) is 3. The summed E-state index contributed by atoms with van der Waals surface area (Å²) in [6.45, 7) is 2.08. The van der Waals surface area contributed by atoms with Crippen molar-refractivity contribution in [2.24, 2.45) is 11.7 Å². The topological polar surface area (TPSA) is 72.4 Å². The molecule has 1 amide bonds. The van der Waals surface area contributed by atoms with Gasteiger partial charge in [-0.1, -0.05) is 0 Å². The third-order valence-electron chi connectivity index (χ3n) is 3.41. The second-order valence-corrected chi connectivity index (χ2v) is 4.82. The molecule has 0 radical (unpaired) electrons. The van der Waals surface area contributed by atoms with E-state index in [-0.39, 0.29) is 17.6 Å². The maximum atomic E-state index is 13.2. The molecule has 0 spiro atoms. The minimum absolute atomic E-state index is 0.103. The summed E-state index contributed by atoms with van der Waals surface area (Å²) >= 11 is 0. The van der Waals surface area contributed by atoms with Crippen LogP contribution in [0.1, 0.15) is 18.4 Å². The predicted molar refractivity (Wildman–Crippen MR) is 68.0 cm³/mol. The van der Waals surface area contributed by atoms with E-state index >= 15 is 0 Å². The summed E-state index contributed by atoms with van der Waals surface area (Å²) < 4.78 is 13.2. The summed E-state index contributed by atoms with van der Waals surface area (Å²) in [5.74, 6) is -0.650. The zero-order chi connectivity index (χ0) is 13.1. The third kappa shape index (κ3) is 2.98. The van der Waals surface area contributed by atoms with Crippen molar-refractivity contribution >= 4 is 11.6 Å². The molecule has 4 N–H and O–H groups in total. The SMILES string of the molecule is NC(=O)C1CCCN(Cc2cc(F)ccc2N)C1. The molecule has 5 heteroatoms. The first-order chi connectivity index (χ1) is 8.56. The van der Waals surface area contributed by atoms with Crippen molar-refractivity contribution in [3.63, 3.8) is 0 Å². The van der Waals surface area contributed by atoms with Gasteiger partial charge in [-0.05, 0) is 43.1 Å². The van der Waals surface area contributed by atoms with Gasteiger partial charge in [0.2, 0.25) is 5.91 Å². The van der Waals surface area contributed by atoms with E-state index in [1.54, 1.807) is 6.07 Å². The highest BCUT2D eigenvalue weighted by atomic mass is 19.1. The fourth-order valence-electron chi connectivity index (χ4n) is 2.38. The molecule has 1 saturated heterocycles. The Labute approximate surface area is 106 Å². The van der Waals surface area contributed by atoms with Gasteiger partial charge in [-0.3, -0.25) is 9.69 Å². The van der Waals surface area contributed by atoms with Crippen molar-refractivity contribution in [3.8, 4) is 0 Å². The van der Waals surface area contributed by atoms with Gasteiger partial charge in [0.05, 0.1) is 5.92 Å².